The molecule has 150 valence electrons. The monoisotopic (exact) mass is 448 g/mol. The van der Waals surface area contributed by atoms with Crippen molar-refractivity contribution in [1.82, 2.24) is 19.7 Å². The molecule has 3 heterocycles. The molecule has 0 aliphatic carbocycles. The number of nitrogens with zero attached hydrogens (tertiary/aromatic N) is 4. The SMILES string of the molecule is CC1CCN(C(=O)c2cc(-c3cccnc3)nn2-c2c(Cl)cc(Cl)cc2Cl)CC1. The summed E-state index contributed by atoms with van der Waals surface area (Å²) >= 11 is 18.9. The van der Waals surface area contributed by atoms with Gasteiger partial charge in [-0.25, -0.2) is 4.68 Å². The molecular formula is C21H19Cl3N4O. The topological polar surface area (TPSA) is 51.0 Å². The molecule has 0 atom stereocenters. The van der Waals surface area contributed by atoms with Gasteiger partial charge in [0.05, 0.1) is 15.7 Å². The van der Waals surface area contributed by atoms with E-state index in [1.807, 2.05) is 17.0 Å². The summed E-state index contributed by atoms with van der Waals surface area (Å²) in [5.41, 5.74) is 2.26. The molecule has 1 saturated heterocycles. The Hall–Kier alpha value is -2.08. The van der Waals surface area contributed by atoms with Gasteiger partial charge in [-0.2, -0.15) is 5.10 Å². The van der Waals surface area contributed by atoms with Crippen LogP contribution in [0, 0.1) is 5.92 Å². The molecular weight excluding hydrogens is 431 g/mol. The Morgan fingerprint density at radius 1 is 1.10 bits per heavy atom. The molecule has 2 aromatic heterocycles. The second-order valence-electron chi connectivity index (χ2n) is 7.26. The van der Waals surface area contributed by atoms with Crippen molar-refractivity contribution < 1.29 is 4.79 Å². The van der Waals surface area contributed by atoms with Crippen LogP contribution in [0.15, 0.2) is 42.7 Å². The molecule has 8 heteroatoms. The number of rotatable bonds is 3. The number of hydrogen-bond acceptors (Lipinski definition) is 3. The summed E-state index contributed by atoms with van der Waals surface area (Å²) in [6.45, 7) is 3.64. The van der Waals surface area contributed by atoms with Crippen molar-refractivity contribution in [2.75, 3.05) is 13.1 Å². The van der Waals surface area contributed by atoms with Crippen molar-refractivity contribution in [2.24, 2.45) is 5.92 Å². The number of amides is 1. The first kappa shape index (κ1) is 20.2. The maximum absolute atomic E-state index is 13.4. The van der Waals surface area contributed by atoms with Gasteiger partial charge < -0.3 is 4.90 Å². The highest BCUT2D eigenvalue weighted by Crippen LogP contribution is 2.34. The van der Waals surface area contributed by atoms with Gasteiger partial charge in [0.25, 0.3) is 5.91 Å². The van der Waals surface area contributed by atoms with Gasteiger partial charge in [0.2, 0.25) is 0 Å². The number of piperidine rings is 1. The van der Waals surface area contributed by atoms with Crippen molar-refractivity contribution in [2.45, 2.75) is 19.8 Å². The number of pyridine rings is 1. The first-order valence-corrected chi connectivity index (χ1v) is 10.5. The van der Waals surface area contributed by atoms with Gasteiger partial charge in [0.15, 0.2) is 0 Å². The molecule has 0 radical (unpaired) electrons. The second kappa shape index (κ2) is 8.34. The lowest BCUT2D eigenvalue weighted by molar-refractivity contribution is 0.0688. The summed E-state index contributed by atoms with van der Waals surface area (Å²) < 4.78 is 1.52. The third kappa shape index (κ3) is 4.13. The average molecular weight is 450 g/mol. The Labute approximate surface area is 184 Å². The number of carbonyl (C=O) groups is 1. The maximum atomic E-state index is 13.4. The predicted molar refractivity (Wildman–Crippen MR) is 116 cm³/mol. The average Bonchev–Trinajstić information content (AvgIpc) is 3.13. The number of hydrogen-bond donors (Lipinski definition) is 0. The zero-order chi connectivity index (χ0) is 20.5. The van der Waals surface area contributed by atoms with E-state index in [4.69, 9.17) is 34.8 Å². The number of benzene rings is 1. The first-order chi connectivity index (χ1) is 13.9. The van der Waals surface area contributed by atoms with Crippen LogP contribution in [0.5, 0.6) is 0 Å². The minimum atomic E-state index is -0.0957. The van der Waals surface area contributed by atoms with E-state index in [1.165, 1.54) is 4.68 Å². The van der Waals surface area contributed by atoms with Crippen LogP contribution in [0.25, 0.3) is 16.9 Å². The Morgan fingerprint density at radius 2 is 1.79 bits per heavy atom. The van der Waals surface area contributed by atoms with Gasteiger partial charge in [-0.3, -0.25) is 9.78 Å². The molecule has 1 amide bonds. The smallest absolute Gasteiger partial charge is 0.272 e. The lowest BCUT2D eigenvalue weighted by Gasteiger charge is -2.30. The third-order valence-electron chi connectivity index (χ3n) is 5.15. The lowest BCUT2D eigenvalue weighted by Crippen LogP contribution is -2.38. The molecule has 0 unspecified atom stereocenters. The predicted octanol–water partition coefficient (Wildman–Crippen LogP) is 5.77. The van der Waals surface area contributed by atoms with E-state index >= 15 is 0 Å². The molecule has 1 aromatic carbocycles. The standard InChI is InChI=1S/C21H19Cl3N4O/c1-13-4-7-27(8-5-13)21(29)19-11-18(14-3-2-6-25-12-14)26-28(19)20-16(23)9-15(22)10-17(20)24/h2-3,6,9-13H,4-5,7-8H2,1H3. The van der Waals surface area contributed by atoms with E-state index in [1.54, 1.807) is 30.6 Å². The Morgan fingerprint density at radius 3 is 2.41 bits per heavy atom. The molecule has 1 fully saturated rings. The number of likely N-dealkylation sites (tertiary alicyclic amines) is 1. The zero-order valence-electron chi connectivity index (χ0n) is 15.8. The highest BCUT2D eigenvalue weighted by atomic mass is 35.5. The molecule has 0 N–H and O–H groups in total. The molecule has 1 aliphatic heterocycles. The summed E-state index contributed by atoms with van der Waals surface area (Å²) in [7, 11) is 0. The van der Waals surface area contributed by atoms with Crippen molar-refractivity contribution in [3.05, 3.63) is 63.5 Å². The van der Waals surface area contributed by atoms with Gasteiger partial charge in [-0.15, -0.1) is 0 Å². The van der Waals surface area contributed by atoms with Crippen LogP contribution in [0.3, 0.4) is 0 Å². The third-order valence-corrected chi connectivity index (χ3v) is 5.94. The van der Waals surface area contributed by atoms with Gasteiger partial charge in [0, 0.05) is 36.1 Å². The summed E-state index contributed by atoms with van der Waals surface area (Å²) in [6, 6.07) is 8.66. The maximum Gasteiger partial charge on any atom is 0.272 e. The second-order valence-corrected chi connectivity index (χ2v) is 8.51. The lowest BCUT2D eigenvalue weighted by atomic mass is 9.99. The van der Waals surface area contributed by atoms with Crippen LogP contribution < -0.4 is 0 Å². The molecule has 29 heavy (non-hydrogen) atoms. The molecule has 5 nitrogen and oxygen atoms in total. The van der Waals surface area contributed by atoms with E-state index < -0.39 is 0 Å². The van der Waals surface area contributed by atoms with Gasteiger partial charge >= 0.3 is 0 Å². The molecule has 1 aliphatic rings. The molecule has 0 saturated carbocycles. The fraction of sp³-hybridized carbons (Fsp3) is 0.286. The summed E-state index contributed by atoms with van der Waals surface area (Å²) in [5.74, 6) is 0.525. The highest BCUT2D eigenvalue weighted by molar-refractivity contribution is 6.40. The fourth-order valence-corrected chi connectivity index (χ4v) is 4.45. The first-order valence-electron chi connectivity index (χ1n) is 9.38. The largest absolute Gasteiger partial charge is 0.337 e. The van der Waals surface area contributed by atoms with Crippen molar-refractivity contribution in [3.63, 3.8) is 0 Å². The molecule has 4 rings (SSSR count). The van der Waals surface area contributed by atoms with Crippen LogP contribution >= 0.6 is 34.8 Å². The van der Waals surface area contributed by atoms with E-state index in [9.17, 15) is 4.79 Å². The van der Waals surface area contributed by atoms with Crippen LogP contribution in [0.4, 0.5) is 0 Å². The minimum absolute atomic E-state index is 0.0957. The number of aromatic nitrogens is 3. The molecule has 0 spiro atoms. The summed E-state index contributed by atoms with van der Waals surface area (Å²) in [6.07, 6.45) is 5.36. The van der Waals surface area contributed by atoms with Crippen LogP contribution in [-0.4, -0.2) is 38.7 Å². The normalized spacial score (nSPS) is 15.0. The van der Waals surface area contributed by atoms with Gasteiger partial charge in [0.1, 0.15) is 11.4 Å². The van der Waals surface area contributed by atoms with Gasteiger partial charge in [-0.05, 0) is 49.1 Å². The van der Waals surface area contributed by atoms with Crippen molar-refractivity contribution in [3.8, 4) is 16.9 Å². The Balaban J connectivity index is 1.83. The van der Waals surface area contributed by atoms with Gasteiger partial charge in [-0.1, -0.05) is 41.7 Å². The van der Waals surface area contributed by atoms with Crippen LogP contribution in [-0.2, 0) is 0 Å². The van der Waals surface area contributed by atoms with Crippen LogP contribution in [0.1, 0.15) is 30.3 Å². The summed E-state index contributed by atoms with van der Waals surface area (Å²) in [5, 5.41) is 5.72. The minimum Gasteiger partial charge on any atom is -0.337 e. The summed E-state index contributed by atoms with van der Waals surface area (Å²) in [4.78, 5) is 19.4. The molecule has 0 bridgehead atoms. The highest BCUT2D eigenvalue weighted by Gasteiger charge is 2.27. The van der Waals surface area contributed by atoms with E-state index in [0.717, 1.165) is 31.5 Å². The quantitative estimate of drug-likeness (QED) is 0.510. The molecule has 3 aromatic rings. The van der Waals surface area contributed by atoms with E-state index in [2.05, 4.69) is 17.0 Å². The van der Waals surface area contributed by atoms with E-state index in [-0.39, 0.29) is 5.91 Å². The van der Waals surface area contributed by atoms with Crippen molar-refractivity contribution >= 4 is 40.7 Å². The van der Waals surface area contributed by atoms with Crippen molar-refractivity contribution in [1.29, 1.82) is 0 Å². The Kier molecular flexibility index (Phi) is 5.81. The van der Waals surface area contributed by atoms with E-state index in [0.29, 0.717) is 38.1 Å². The number of halogens is 3. The number of carbonyl (C=O) groups excluding carboxylic acids is 1. The fourth-order valence-electron chi connectivity index (χ4n) is 3.47. The zero-order valence-corrected chi connectivity index (χ0v) is 18.0. The van der Waals surface area contributed by atoms with Crippen LogP contribution in [0.2, 0.25) is 15.1 Å². The Bertz CT molecular complexity index is 1020.